The number of furan rings is 1. The van der Waals surface area contributed by atoms with Gasteiger partial charge in [-0.05, 0) is 31.7 Å². The average Bonchev–Trinajstić information content (AvgIpc) is 2.96. The minimum absolute atomic E-state index is 0.0290. The van der Waals surface area contributed by atoms with Crippen molar-refractivity contribution in [3.63, 3.8) is 0 Å². The maximum atomic E-state index is 5.93. The van der Waals surface area contributed by atoms with Crippen molar-refractivity contribution in [2.24, 2.45) is 0 Å². The predicted molar refractivity (Wildman–Crippen MR) is 76.1 cm³/mol. The number of hydrogen-bond acceptors (Lipinski definition) is 3. The molecule has 1 aromatic carbocycles. The molecule has 102 valence electrons. The zero-order valence-electron chi connectivity index (χ0n) is 11.5. The van der Waals surface area contributed by atoms with Crippen LogP contribution in [0.1, 0.15) is 24.4 Å². The highest BCUT2D eigenvalue weighted by Crippen LogP contribution is 2.23. The molecule has 2 unspecified atom stereocenters. The molecule has 0 aliphatic heterocycles. The zero-order valence-corrected chi connectivity index (χ0v) is 11.5. The van der Waals surface area contributed by atoms with Gasteiger partial charge >= 0.3 is 0 Å². The van der Waals surface area contributed by atoms with Gasteiger partial charge < -0.3 is 14.5 Å². The standard InChI is InChI=1S/C16H21NO2/c1-3-18-16(13-8-5-4-6-9-13)15(17-2)12-14-10-7-11-19-14/h4-11,15-17H,3,12H2,1-2H3. The second-order valence-electron chi connectivity index (χ2n) is 4.47. The molecule has 3 nitrogen and oxygen atoms in total. The van der Waals surface area contributed by atoms with Crippen LogP contribution in [0.15, 0.2) is 53.1 Å². The summed E-state index contributed by atoms with van der Waals surface area (Å²) in [4.78, 5) is 0. The van der Waals surface area contributed by atoms with Crippen LogP contribution in [-0.4, -0.2) is 19.7 Å². The van der Waals surface area contributed by atoms with Crippen LogP contribution in [0, 0.1) is 0 Å². The van der Waals surface area contributed by atoms with Crippen LogP contribution in [0.3, 0.4) is 0 Å². The monoisotopic (exact) mass is 259 g/mol. The summed E-state index contributed by atoms with van der Waals surface area (Å²) in [6.07, 6.45) is 2.55. The van der Waals surface area contributed by atoms with Gasteiger partial charge in [-0.25, -0.2) is 0 Å². The van der Waals surface area contributed by atoms with Gasteiger partial charge in [0, 0.05) is 19.1 Å². The van der Waals surface area contributed by atoms with Crippen molar-refractivity contribution in [3.05, 3.63) is 60.1 Å². The lowest BCUT2D eigenvalue weighted by Crippen LogP contribution is -2.35. The fourth-order valence-corrected chi connectivity index (χ4v) is 2.27. The summed E-state index contributed by atoms with van der Waals surface area (Å²) >= 11 is 0. The molecular formula is C16H21NO2. The van der Waals surface area contributed by atoms with E-state index >= 15 is 0 Å². The number of rotatable bonds is 7. The Labute approximate surface area is 114 Å². The van der Waals surface area contributed by atoms with Crippen LogP contribution < -0.4 is 5.32 Å². The minimum Gasteiger partial charge on any atom is -0.469 e. The Morgan fingerprint density at radius 3 is 2.53 bits per heavy atom. The van der Waals surface area contributed by atoms with Gasteiger partial charge in [0.15, 0.2) is 0 Å². The Morgan fingerprint density at radius 1 is 1.16 bits per heavy atom. The van der Waals surface area contributed by atoms with E-state index in [2.05, 4.69) is 17.4 Å². The molecule has 0 aliphatic carbocycles. The smallest absolute Gasteiger partial charge is 0.105 e. The second-order valence-corrected chi connectivity index (χ2v) is 4.47. The first kappa shape index (κ1) is 13.8. The quantitative estimate of drug-likeness (QED) is 0.829. The molecule has 0 saturated carbocycles. The van der Waals surface area contributed by atoms with Crippen LogP contribution in [0.2, 0.25) is 0 Å². The zero-order chi connectivity index (χ0) is 13.5. The summed E-state index contributed by atoms with van der Waals surface area (Å²) in [5.74, 6) is 0.972. The van der Waals surface area contributed by atoms with Crippen LogP contribution in [0.25, 0.3) is 0 Å². The first-order chi connectivity index (χ1) is 9.35. The lowest BCUT2D eigenvalue weighted by molar-refractivity contribution is 0.0339. The van der Waals surface area contributed by atoms with E-state index < -0.39 is 0 Å². The SMILES string of the molecule is CCOC(c1ccccc1)C(Cc1ccco1)NC. The molecule has 2 aromatic rings. The van der Waals surface area contributed by atoms with E-state index in [-0.39, 0.29) is 12.1 Å². The molecule has 2 rings (SSSR count). The van der Waals surface area contributed by atoms with Crippen molar-refractivity contribution in [1.82, 2.24) is 5.32 Å². The van der Waals surface area contributed by atoms with Crippen molar-refractivity contribution in [3.8, 4) is 0 Å². The largest absolute Gasteiger partial charge is 0.469 e. The molecule has 0 aliphatic rings. The Morgan fingerprint density at radius 2 is 1.95 bits per heavy atom. The molecule has 19 heavy (non-hydrogen) atoms. The summed E-state index contributed by atoms with van der Waals surface area (Å²) in [5.41, 5.74) is 1.19. The van der Waals surface area contributed by atoms with Crippen molar-refractivity contribution >= 4 is 0 Å². The van der Waals surface area contributed by atoms with Gasteiger partial charge in [-0.3, -0.25) is 0 Å². The van der Waals surface area contributed by atoms with E-state index in [9.17, 15) is 0 Å². The van der Waals surface area contributed by atoms with Crippen LogP contribution >= 0.6 is 0 Å². The van der Waals surface area contributed by atoms with E-state index in [1.54, 1.807) is 6.26 Å². The first-order valence-electron chi connectivity index (χ1n) is 6.71. The molecule has 1 aromatic heterocycles. The van der Waals surface area contributed by atoms with E-state index in [0.29, 0.717) is 6.61 Å². The molecule has 0 fully saturated rings. The highest BCUT2D eigenvalue weighted by Gasteiger charge is 2.23. The third kappa shape index (κ3) is 3.69. The van der Waals surface area contributed by atoms with Crippen LogP contribution in [0.5, 0.6) is 0 Å². The van der Waals surface area contributed by atoms with E-state index in [0.717, 1.165) is 12.2 Å². The highest BCUT2D eigenvalue weighted by atomic mass is 16.5. The molecule has 0 bridgehead atoms. The van der Waals surface area contributed by atoms with Crippen LogP contribution in [0.4, 0.5) is 0 Å². The molecule has 0 saturated heterocycles. The maximum absolute atomic E-state index is 5.93. The van der Waals surface area contributed by atoms with Gasteiger partial charge in [0.2, 0.25) is 0 Å². The van der Waals surface area contributed by atoms with Gasteiger partial charge in [0.1, 0.15) is 5.76 Å². The molecule has 1 N–H and O–H groups in total. The Bertz CT molecular complexity index is 453. The Kier molecular flexibility index (Phi) is 5.19. The minimum atomic E-state index is 0.0290. The summed E-state index contributed by atoms with van der Waals surface area (Å²) < 4.78 is 11.4. The highest BCUT2D eigenvalue weighted by molar-refractivity contribution is 5.20. The lowest BCUT2D eigenvalue weighted by atomic mass is 9.98. The maximum Gasteiger partial charge on any atom is 0.105 e. The summed E-state index contributed by atoms with van der Waals surface area (Å²) in [5, 5.41) is 3.34. The lowest BCUT2D eigenvalue weighted by Gasteiger charge is -2.26. The van der Waals surface area contributed by atoms with E-state index in [1.165, 1.54) is 5.56 Å². The van der Waals surface area contributed by atoms with Crippen molar-refractivity contribution in [1.29, 1.82) is 0 Å². The topological polar surface area (TPSA) is 34.4 Å². The third-order valence-electron chi connectivity index (χ3n) is 3.21. The molecule has 2 atom stereocenters. The van der Waals surface area contributed by atoms with E-state index in [4.69, 9.17) is 9.15 Å². The Hall–Kier alpha value is -1.58. The second kappa shape index (κ2) is 7.12. The number of benzene rings is 1. The molecule has 0 amide bonds. The predicted octanol–water partition coefficient (Wildman–Crippen LogP) is 3.19. The Balaban J connectivity index is 2.16. The van der Waals surface area contributed by atoms with Crippen molar-refractivity contribution < 1.29 is 9.15 Å². The average molecular weight is 259 g/mol. The fraction of sp³-hybridized carbons (Fsp3) is 0.375. The van der Waals surface area contributed by atoms with Gasteiger partial charge in [-0.15, -0.1) is 0 Å². The molecular weight excluding hydrogens is 238 g/mol. The van der Waals surface area contributed by atoms with Crippen LogP contribution in [-0.2, 0) is 11.2 Å². The fourth-order valence-electron chi connectivity index (χ4n) is 2.27. The van der Waals surface area contributed by atoms with Crippen molar-refractivity contribution in [2.75, 3.05) is 13.7 Å². The number of nitrogens with one attached hydrogen (secondary N) is 1. The number of likely N-dealkylation sites (N-methyl/N-ethyl adjacent to an activating group) is 1. The summed E-state index contributed by atoms with van der Waals surface area (Å²) in [6, 6.07) is 14.4. The van der Waals surface area contributed by atoms with Gasteiger partial charge in [-0.1, -0.05) is 30.3 Å². The number of ether oxygens (including phenoxy) is 1. The van der Waals surface area contributed by atoms with E-state index in [1.807, 2.05) is 44.3 Å². The van der Waals surface area contributed by atoms with Gasteiger partial charge in [0.25, 0.3) is 0 Å². The van der Waals surface area contributed by atoms with Gasteiger partial charge in [-0.2, -0.15) is 0 Å². The van der Waals surface area contributed by atoms with Crippen molar-refractivity contribution in [2.45, 2.75) is 25.5 Å². The first-order valence-corrected chi connectivity index (χ1v) is 6.71. The molecule has 1 heterocycles. The third-order valence-corrected chi connectivity index (χ3v) is 3.21. The molecule has 0 spiro atoms. The normalized spacial score (nSPS) is 14.2. The van der Waals surface area contributed by atoms with Gasteiger partial charge in [0.05, 0.1) is 12.4 Å². The number of hydrogen-bond donors (Lipinski definition) is 1. The molecule has 0 radical (unpaired) electrons. The summed E-state index contributed by atoms with van der Waals surface area (Å²) in [6.45, 7) is 2.71. The summed E-state index contributed by atoms with van der Waals surface area (Å²) in [7, 11) is 1.96. The molecule has 3 heteroatoms.